The molecule has 0 saturated heterocycles. The van der Waals surface area contributed by atoms with Crippen molar-refractivity contribution in [2.75, 3.05) is 7.05 Å². The van der Waals surface area contributed by atoms with Gasteiger partial charge in [-0.3, -0.25) is 0 Å². The molecule has 2 unspecified atom stereocenters. The molecular formula is C25H37NO. The van der Waals surface area contributed by atoms with Crippen molar-refractivity contribution in [3.8, 4) is 0 Å². The van der Waals surface area contributed by atoms with Gasteiger partial charge in [-0.05, 0) is 55.6 Å². The summed E-state index contributed by atoms with van der Waals surface area (Å²) in [7, 11) is 1.90. The first kappa shape index (κ1) is 23.0. The van der Waals surface area contributed by atoms with Gasteiger partial charge in [-0.25, -0.2) is 4.79 Å². The zero-order chi connectivity index (χ0) is 19.9. The van der Waals surface area contributed by atoms with Crippen LogP contribution in [-0.4, -0.2) is 13.0 Å². The molecule has 1 aromatic rings. The molecule has 0 spiro atoms. The van der Waals surface area contributed by atoms with Gasteiger partial charge in [0.1, 0.15) is 5.94 Å². The molecular weight excluding hydrogens is 330 g/mol. The smallest absolute Gasteiger partial charge is 0.120 e. The summed E-state index contributed by atoms with van der Waals surface area (Å²) >= 11 is 0. The van der Waals surface area contributed by atoms with Crippen LogP contribution in [0.25, 0.3) is 0 Å². The highest BCUT2D eigenvalue weighted by Gasteiger charge is 2.12. The molecule has 0 aromatic heterocycles. The van der Waals surface area contributed by atoms with Crippen LogP contribution in [-0.2, 0) is 4.79 Å². The monoisotopic (exact) mass is 367 g/mol. The number of benzene rings is 1. The summed E-state index contributed by atoms with van der Waals surface area (Å²) in [5.41, 5.74) is 2.44. The second-order valence-corrected chi connectivity index (χ2v) is 7.65. The minimum absolute atomic E-state index is 0.368. The molecule has 27 heavy (non-hydrogen) atoms. The van der Waals surface area contributed by atoms with Gasteiger partial charge in [-0.1, -0.05) is 75.8 Å². The van der Waals surface area contributed by atoms with E-state index in [-0.39, 0.29) is 0 Å². The number of carbonyl (C=O) groups excluding carboxylic acids is 1. The maximum absolute atomic E-state index is 10.3. The molecule has 0 heterocycles. The highest BCUT2D eigenvalue weighted by atomic mass is 16.1. The lowest BCUT2D eigenvalue weighted by Crippen LogP contribution is -2.14. The van der Waals surface area contributed by atoms with Crippen LogP contribution in [0.2, 0.25) is 0 Å². The van der Waals surface area contributed by atoms with E-state index in [1.54, 1.807) is 6.08 Å². The first-order valence-electron chi connectivity index (χ1n) is 10.3. The molecule has 2 rings (SSSR count). The van der Waals surface area contributed by atoms with Gasteiger partial charge in [0.25, 0.3) is 0 Å². The summed E-state index contributed by atoms with van der Waals surface area (Å²) in [6, 6.07) is 10.7. The Morgan fingerprint density at radius 2 is 1.89 bits per heavy atom. The van der Waals surface area contributed by atoms with Crippen molar-refractivity contribution in [1.29, 1.82) is 0 Å². The predicted octanol–water partition coefficient (Wildman–Crippen LogP) is 6.45. The summed E-state index contributed by atoms with van der Waals surface area (Å²) in [4.78, 5) is 10.3. The minimum Gasteiger partial charge on any atom is -0.392 e. The Balaban J connectivity index is 0.000000800. The molecule has 2 nitrogen and oxygen atoms in total. The van der Waals surface area contributed by atoms with Crippen molar-refractivity contribution < 1.29 is 4.79 Å². The fourth-order valence-electron chi connectivity index (χ4n) is 2.82. The summed E-state index contributed by atoms with van der Waals surface area (Å²) in [5.74, 6) is 3.88. The highest BCUT2D eigenvalue weighted by molar-refractivity contribution is 5.44. The van der Waals surface area contributed by atoms with Crippen molar-refractivity contribution in [3.05, 3.63) is 66.4 Å². The summed E-state index contributed by atoms with van der Waals surface area (Å²) in [5, 5.41) is 3.13. The molecule has 1 saturated carbocycles. The van der Waals surface area contributed by atoms with Gasteiger partial charge < -0.3 is 5.32 Å². The van der Waals surface area contributed by atoms with Crippen molar-refractivity contribution in [2.45, 2.75) is 64.7 Å². The maximum atomic E-state index is 10.3. The lowest BCUT2D eigenvalue weighted by atomic mass is 9.94. The van der Waals surface area contributed by atoms with Crippen molar-refractivity contribution in [1.82, 2.24) is 5.32 Å². The fraction of sp³-hybridized carbons (Fsp3) is 0.520. The Hall–Kier alpha value is -2.05. The lowest BCUT2D eigenvalue weighted by Gasteiger charge is -2.16. The number of hydrogen-bond donors (Lipinski definition) is 1. The molecule has 0 aliphatic heterocycles. The second-order valence-electron chi connectivity index (χ2n) is 7.65. The molecule has 0 radical (unpaired) electrons. The number of allylic oxidation sites excluding steroid dienone is 4. The van der Waals surface area contributed by atoms with Crippen LogP contribution in [0, 0.1) is 11.8 Å². The van der Waals surface area contributed by atoms with E-state index in [0.29, 0.717) is 11.8 Å². The number of nitrogens with one attached hydrogen (secondary N) is 1. The average molecular weight is 368 g/mol. The first-order valence-corrected chi connectivity index (χ1v) is 10.3. The van der Waals surface area contributed by atoms with Crippen LogP contribution in [0.5, 0.6) is 0 Å². The molecule has 1 N–H and O–H groups in total. The first-order chi connectivity index (χ1) is 13.1. The van der Waals surface area contributed by atoms with Gasteiger partial charge in [0.2, 0.25) is 0 Å². The van der Waals surface area contributed by atoms with E-state index in [9.17, 15) is 4.79 Å². The average Bonchev–Trinajstić information content (AvgIpc) is 3.49. The van der Waals surface area contributed by atoms with E-state index >= 15 is 0 Å². The molecule has 1 aliphatic rings. The van der Waals surface area contributed by atoms with Gasteiger partial charge >= 0.3 is 0 Å². The molecule has 1 aliphatic carbocycles. The van der Waals surface area contributed by atoms with Crippen molar-refractivity contribution in [2.24, 2.45) is 11.8 Å². The van der Waals surface area contributed by atoms with Crippen molar-refractivity contribution >= 4 is 5.94 Å². The Morgan fingerprint density at radius 1 is 1.22 bits per heavy atom. The standard InChI is InChI=1S/C21H29NO.C4H8/c1-18(20-13-7-5-8-14-20)12-6-4-9-15-21(19(2)22-3)16-10-11-17-23;1-4-2-3-4/h4-5,7-9,11,13-14,18,21-22H,2,6,10,12,15-16H2,1,3H3;4H,2-3H2,1H3/b9-4+;. The third kappa shape index (κ3) is 11.3. The van der Waals surface area contributed by atoms with Crippen molar-refractivity contribution in [3.63, 3.8) is 0 Å². The lowest BCUT2D eigenvalue weighted by molar-refractivity contribution is 0.541. The Morgan fingerprint density at radius 3 is 2.44 bits per heavy atom. The normalized spacial score (nSPS) is 15.2. The molecule has 148 valence electrons. The topological polar surface area (TPSA) is 29.1 Å². The third-order valence-corrected chi connectivity index (χ3v) is 5.14. The van der Waals surface area contributed by atoms with E-state index in [1.807, 2.05) is 13.0 Å². The molecule has 0 bridgehead atoms. The van der Waals surface area contributed by atoms with Crippen LogP contribution in [0.1, 0.15) is 70.3 Å². The van der Waals surface area contributed by atoms with E-state index in [4.69, 9.17) is 0 Å². The quantitative estimate of drug-likeness (QED) is 0.360. The fourth-order valence-corrected chi connectivity index (χ4v) is 2.82. The second kappa shape index (κ2) is 14.1. The zero-order valence-electron chi connectivity index (χ0n) is 17.4. The Bertz CT molecular complexity index is 594. The summed E-state index contributed by atoms with van der Waals surface area (Å²) < 4.78 is 0. The highest BCUT2D eigenvalue weighted by Crippen LogP contribution is 2.26. The molecule has 2 atom stereocenters. The summed E-state index contributed by atoms with van der Waals surface area (Å²) in [6.07, 6.45) is 13.9. The molecule has 1 fully saturated rings. The molecule has 2 heteroatoms. The van der Waals surface area contributed by atoms with E-state index < -0.39 is 0 Å². The van der Waals surface area contributed by atoms with E-state index in [1.165, 1.54) is 18.4 Å². The van der Waals surface area contributed by atoms with E-state index in [0.717, 1.165) is 43.7 Å². The van der Waals surface area contributed by atoms with Crippen LogP contribution < -0.4 is 5.32 Å². The van der Waals surface area contributed by atoms with E-state index in [2.05, 4.69) is 68.2 Å². The number of hydrogen-bond acceptors (Lipinski definition) is 2. The molecule has 1 aromatic carbocycles. The van der Waals surface area contributed by atoms with Gasteiger partial charge in [0.05, 0.1) is 0 Å². The van der Waals surface area contributed by atoms with Crippen LogP contribution in [0.4, 0.5) is 0 Å². The third-order valence-electron chi connectivity index (χ3n) is 5.14. The Labute approximate surface area is 166 Å². The van der Waals surface area contributed by atoms with Gasteiger partial charge in [0, 0.05) is 18.7 Å². The Kier molecular flexibility index (Phi) is 12.0. The van der Waals surface area contributed by atoms with Crippen LogP contribution in [0.15, 0.2) is 60.8 Å². The number of rotatable bonds is 11. The molecule has 0 amide bonds. The van der Waals surface area contributed by atoms with Gasteiger partial charge in [0.15, 0.2) is 0 Å². The minimum atomic E-state index is 0.368. The SMILES string of the molecule is C=C(NC)C(C/C=C/CCC(C)c1ccccc1)CCC=C=O.CC1CC1. The maximum Gasteiger partial charge on any atom is 0.120 e. The predicted molar refractivity (Wildman–Crippen MR) is 117 cm³/mol. The van der Waals surface area contributed by atoms with Gasteiger partial charge in [-0.15, -0.1) is 0 Å². The van der Waals surface area contributed by atoms with Crippen LogP contribution >= 0.6 is 0 Å². The van der Waals surface area contributed by atoms with Crippen LogP contribution in [0.3, 0.4) is 0 Å². The largest absolute Gasteiger partial charge is 0.392 e. The zero-order valence-corrected chi connectivity index (χ0v) is 17.4. The van der Waals surface area contributed by atoms with Gasteiger partial charge in [-0.2, -0.15) is 0 Å². The summed E-state index contributed by atoms with van der Waals surface area (Å²) in [6.45, 7) is 8.62.